The number of carbonyl (C=O) groups excluding carboxylic acids is 3. The van der Waals surface area contributed by atoms with Crippen molar-refractivity contribution in [2.75, 3.05) is 13.2 Å². The Morgan fingerprint density at radius 2 is 0.433 bits per heavy atom. The van der Waals surface area contributed by atoms with E-state index in [0.29, 0.717) is 19.3 Å². The van der Waals surface area contributed by atoms with Crippen molar-refractivity contribution in [2.24, 2.45) is 17.8 Å². The predicted molar refractivity (Wildman–Crippen MR) is 289 cm³/mol. The third kappa shape index (κ3) is 55.2. The molecule has 0 aromatic rings. The van der Waals surface area contributed by atoms with E-state index in [0.717, 1.165) is 75.5 Å². The lowest BCUT2D eigenvalue weighted by atomic mass is 10.0. The number of unbranched alkanes of at least 4 members (excludes halogenated alkanes) is 37. The summed E-state index contributed by atoms with van der Waals surface area (Å²) < 4.78 is 16.9. The van der Waals surface area contributed by atoms with Crippen molar-refractivity contribution >= 4 is 17.9 Å². The molecule has 0 aliphatic carbocycles. The van der Waals surface area contributed by atoms with Gasteiger partial charge in [0.15, 0.2) is 6.10 Å². The van der Waals surface area contributed by atoms with E-state index in [2.05, 4.69) is 41.5 Å². The number of ether oxygens (including phenoxy) is 3. The van der Waals surface area contributed by atoms with Crippen LogP contribution in [0.15, 0.2) is 0 Å². The van der Waals surface area contributed by atoms with Crippen LogP contribution in [0.4, 0.5) is 0 Å². The molecule has 0 spiro atoms. The molecular weight excluding hydrogens is 829 g/mol. The number of hydrogen-bond donors (Lipinski definition) is 0. The molecule has 398 valence electrons. The van der Waals surface area contributed by atoms with Gasteiger partial charge >= 0.3 is 17.9 Å². The Morgan fingerprint density at radius 1 is 0.254 bits per heavy atom. The Bertz CT molecular complexity index is 1040. The Labute approximate surface area is 418 Å². The van der Waals surface area contributed by atoms with E-state index >= 15 is 0 Å². The Balaban J connectivity index is 4.28. The number of rotatable bonds is 54. The van der Waals surface area contributed by atoms with E-state index in [1.165, 1.54) is 218 Å². The first-order valence-corrected chi connectivity index (χ1v) is 30.1. The molecule has 0 aromatic heterocycles. The molecule has 6 nitrogen and oxygen atoms in total. The number of esters is 3. The van der Waals surface area contributed by atoms with Gasteiger partial charge in [-0.2, -0.15) is 0 Å². The molecule has 0 radical (unpaired) electrons. The monoisotopic (exact) mass is 947 g/mol. The molecule has 6 heteroatoms. The SMILES string of the molecule is CC(C)CCCCCCCCCCCCCCCCCCC(=O)O[C@H](COC(=O)CCCCCCCCCCCCCCCCC(C)C)COC(=O)CCCCCCCCCCCCC(C)C. The second kappa shape index (κ2) is 52.2. The van der Waals surface area contributed by atoms with Gasteiger partial charge in [0, 0.05) is 19.3 Å². The minimum atomic E-state index is -0.764. The zero-order chi connectivity index (χ0) is 49.1. The largest absolute Gasteiger partial charge is 0.462 e. The highest BCUT2D eigenvalue weighted by Gasteiger charge is 2.19. The van der Waals surface area contributed by atoms with Gasteiger partial charge in [0.2, 0.25) is 0 Å². The maximum Gasteiger partial charge on any atom is 0.306 e. The Kier molecular flexibility index (Phi) is 51.0. The summed E-state index contributed by atoms with van der Waals surface area (Å²) in [6, 6.07) is 0. The van der Waals surface area contributed by atoms with Crippen LogP contribution in [0.3, 0.4) is 0 Å². The minimum Gasteiger partial charge on any atom is -0.462 e. The molecule has 0 rings (SSSR count). The minimum absolute atomic E-state index is 0.0632. The molecule has 0 N–H and O–H groups in total. The zero-order valence-corrected chi connectivity index (χ0v) is 46.2. The molecule has 0 bridgehead atoms. The summed E-state index contributed by atoms with van der Waals surface area (Å²) >= 11 is 0. The highest BCUT2D eigenvalue weighted by atomic mass is 16.6. The van der Waals surface area contributed by atoms with Gasteiger partial charge < -0.3 is 14.2 Å². The van der Waals surface area contributed by atoms with Crippen LogP contribution in [0.5, 0.6) is 0 Å². The summed E-state index contributed by atoms with van der Waals surface area (Å²) in [5.41, 5.74) is 0. The standard InChI is InChI=1S/C61H118O6/c1-55(2)47-41-35-29-23-17-13-9-7-8-10-16-20-28-34-40-46-52-61(64)67-58(54-66-60(63)51-45-39-33-27-22-21-25-31-37-43-49-57(5)6)53-65-59(62)50-44-38-32-26-19-15-12-11-14-18-24-30-36-42-48-56(3)4/h55-58H,7-54H2,1-6H3/t58-/m1/s1. The van der Waals surface area contributed by atoms with Crippen LogP contribution in [-0.2, 0) is 28.6 Å². The maximum absolute atomic E-state index is 12.9. The predicted octanol–water partition coefficient (Wildman–Crippen LogP) is 19.9. The zero-order valence-electron chi connectivity index (χ0n) is 46.2. The van der Waals surface area contributed by atoms with Gasteiger partial charge in [0.1, 0.15) is 13.2 Å². The molecular formula is C61H118O6. The van der Waals surface area contributed by atoms with E-state index < -0.39 is 6.10 Å². The molecule has 0 saturated carbocycles. The second-order valence-electron chi connectivity index (χ2n) is 22.4. The van der Waals surface area contributed by atoms with Crippen LogP contribution in [0.1, 0.15) is 337 Å². The van der Waals surface area contributed by atoms with Crippen molar-refractivity contribution in [3.63, 3.8) is 0 Å². The van der Waals surface area contributed by atoms with Crippen LogP contribution < -0.4 is 0 Å². The van der Waals surface area contributed by atoms with Crippen molar-refractivity contribution in [3.05, 3.63) is 0 Å². The molecule has 0 amide bonds. The average Bonchev–Trinajstić information content (AvgIpc) is 3.29. The molecule has 1 atom stereocenters. The fourth-order valence-corrected chi connectivity index (χ4v) is 9.35. The van der Waals surface area contributed by atoms with Crippen molar-refractivity contribution in [1.29, 1.82) is 0 Å². The lowest BCUT2D eigenvalue weighted by molar-refractivity contribution is -0.167. The van der Waals surface area contributed by atoms with Gasteiger partial charge in [-0.25, -0.2) is 0 Å². The molecule has 0 saturated heterocycles. The lowest BCUT2D eigenvalue weighted by Gasteiger charge is -2.18. The lowest BCUT2D eigenvalue weighted by Crippen LogP contribution is -2.30. The van der Waals surface area contributed by atoms with Gasteiger partial charge in [-0.3, -0.25) is 14.4 Å². The van der Waals surface area contributed by atoms with Crippen LogP contribution in [-0.4, -0.2) is 37.2 Å². The molecule has 0 aromatic carbocycles. The van der Waals surface area contributed by atoms with E-state index in [-0.39, 0.29) is 31.1 Å². The quantitative estimate of drug-likeness (QED) is 0.0343. The third-order valence-electron chi connectivity index (χ3n) is 13.9. The first kappa shape index (κ1) is 65.4. The van der Waals surface area contributed by atoms with Gasteiger partial charge in [0.25, 0.3) is 0 Å². The fourth-order valence-electron chi connectivity index (χ4n) is 9.35. The Hall–Kier alpha value is -1.59. The summed E-state index contributed by atoms with van der Waals surface area (Å²) in [6.07, 6.45) is 55.3. The van der Waals surface area contributed by atoms with Crippen molar-refractivity contribution in [1.82, 2.24) is 0 Å². The van der Waals surface area contributed by atoms with Gasteiger partial charge in [-0.15, -0.1) is 0 Å². The van der Waals surface area contributed by atoms with Crippen molar-refractivity contribution < 1.29 is 28.6 Å². The highest BCUT2D eigenvalue weighted by Crippen LogP contribution is 2.19. The van der Waals surface area contributed by atoms with Gasteiger partial charge in [-0.05, 0) is 37.0 Å². The van der Waals surface area contributed by atoms with Crippen LogP contribution in [0.2, 0.25) is 0 Å². The smallest absolute Gasteiger partial charge is 0.306 e. The molecule has 0 heterocycles. The van der Waals surface area contributed by atoms with E-state index in [1.807, 2.05) is 0 Å². The highest BCUT2D eigenvalue weighted by molar-refractivity contribution is 5.71. The number of hydrogen-bond acceptors (Lipinski definition) is 6. The maximum atomic E-state index is 12.9. The first-order valence-electron chi connectivity index (χ1n) is 30.1. The van der Waals surface area contributed by atoms with Crippen LogP contribution in [0, 0.1) is 17.8 Å². The summed E-state index contributed by atoms with van der Waals surface area (Å²) in [5.74, 6) is 1.67. The van der Waals surface area contributed by atoms with E-state index in [9.17, 15) is 14.4 Å². The summed E-state index contributed by atoms with van der Waals surface area (Å²) in [4.78, 5) is 38.2. The van der Waals surface area contributed by atoms with Gasteiger partial charge in [-0.1, -0.05) is 298 Å². The topological polar surface area (TPSA) is 78.9 Å². The molecule has 67 heavy (non-hydrogen) atoms. The summed E-state index contributed by atoms with van der Waals surface area (Å²) in [6.45, 7) is 13.8. The van der Waals surface area contributed by atoms with Crippen molar-refractivity contribution in [2.45, 2.75) is 343 Å². The average molecular weight is 948 g/mol. The summed E-state index contributed by atoms with van der Waals surface area (Å²) in [5, 5.41) is 0. The van der Waals surface area contributed by atoms with Crippen LogP contribution >= 0.6 is 0 Å². The Morgan fingerprint density at radius 3 is 0.642 bits per heavy atom. The van der Waals surface area contributed by atoms with E-state index in [1.54, 1.807) is 0 Å². The first-order chi connectivity index (χ1) is 32.6. The number of carbonyl (C=O) groups is 3. The molecule has 0 aliphatic rings. The van der Waals surface area contributed by atoms with E-state index in [4.69, 9.17) is 14.2 Å². The fraction of sp³-hybridized carbons (Fsp3) is 0.951. The van der Waals surface area contributed by atoms with Crippen molar-refractivity contribution in [3.8, 4) is 0 Å². The second-order valence-corrected chi connectivity index (χ2v) is 22.4. The normalized spacial score (nSPS) is 12.1. The molecule has 0 fully saturated rings. The van der Waals surface area contributed by atoms with Gasteiger partial charge in [0.05, 0.1) is 0 Å². The molecule has 0 aliphatic heterocycles. The third-order valence-corrected chi connectivity index (χ3v) is 13.9. The molecule has 0 unspecified atom stereocenters. The summed E-state index contributed by atoms with van der Waals surface area (Å²) in [7, 11) is 0. The van der Waals surface area contributed by atoms with Crippen LogP contribution in [0.25, 0.3) is 0 Å².